The van der Waals surface area contributed by atoms with E-state index in [0.29, 0.717) is 5.75 Å². The summed E-state index contributed by atoms with van der Waals surface area (Å²) in [6.07, 6.45) is 3.92. The molecule has 2 unspecified atom stereocenters. The fourth-order valence-corrected chi connectivity index (χ4v) is 4.32. The molecule has 21 heavy (non-hydrogen) atoms. The first kappa shape index (κ1) is 14.8. The summed E-state index contributed by atoms with van der Waals surface area (Å²) in [5.41, 5.74) is 2.43. The predicted octanol–water partition coefficient (Wildman–Crippen LogP) is 1.35. The Morgan fingerprint density at radius 3 is 2.81 bits per heavy atom. The van der Waals surface area contributed by atoms with E-state index in [0.717, 1.165) is 32.4 Å². The number of benzene rings is 1. The Balaban J connectivity index is 1.87. The number of phenols is 1. The van der Waals surface area contributed by atoms with E-state index in [1.807, 2.05) is 12.1 Å². The minimum absolute atomic E-state index is 0.0565. The number of piperidine rings is 1. The van der Waals surface area contributed by atoms with Crippen LogP contribution >= 0.6 is 0 Å². The molecule has 116 valence electrons. The highest BCUT2D eigenvalue weighted by Gasteiger charge is 2.36. The van der Waals surface area contributed by atoms with Crippen molar-refractivity contribution in [2.75, 3.05) is 26.4 Å². The first-order valence-corrected chi connectivity index (χ1v) is 9.20. The van der Waals surface area contributed by atoms with Gasteiger partial charge in [-0.05, 0) is 42.5 Å². The molecule has 6 heteroatoms. The molecule has 0 saturated carbocycles. The lowest BCUT2D eigenvalue weighted by atomic mass is 9.85. The van der Waals surface area contributed by atoms with Crippen LogP contribution in [0.15, 0.2) is 18.2 Å². The van der Waals surface area contributed by atoms with E-state index < -0.39 is 10.0 Å². The Labute approximate surface area is 126 Å². The van der Waals surface area contributed by atoms with Crippen molar-refractivity contribution in [3.05, 3.63) is 29.3 Å². The molecule has 5 nitrogen and oxygen atoms in total. The van der Waals surface area contributed by atoms with Crippen LogP contribution in [-0.4, -0.2) is 55.2 Å². The summed E-state index contributed by atoms with van der Waals surface area (Å²) in [7, 11) is -1.47. The second-order valence-electron chi connectivity index (χ2n) is 6.14. The number of phenolic OH excluding ortho intramolecular Hbond substituents is 1. The van der Waals surface area contributed by atoms with E-state index in [1.165, 1.54) is 21.7 Å². The molecular weight excluding hydrogens is 288 g/mol. The van der Waals surface area contributed by atoms with Gasteiger partial charge in [0, 0.05) is 32.2 Å². The molecule has 0 amide bonds. The number of hydrogen-bond acceptors (Lipinski definition) is 4. The van der Waals surface area contributed by atoms with Gasteiger partial charge in [-0.3, -0.25) is 4.90 Å². The normalized spacial score (nSPS) is 26.4. The van der Waals surface area contributed by atoms with Crippen molar-refractivity contribution >= 4 is 10.0 Å². The second-order valence-corrected chi connectivity index (χ2v) is 8.18. The maximum Gasteiger partial charge on any atom is 0.211 e. The lowest BCUT2D eigenvalue weighted by molar-refractivity contribution is 0.0971. The molecule has 1 fully saturated rings. The maximum atomic E-state index is 11.8. The van der Waals surface area contributed by atoms with E-state index in [2.05, 4.69) is 4.90 Å². The molecular formula is C15H22N2O3S. The van der Waals surface area contributed by atoms with Gasteiger partial charge in [-0.1, -0.05) is 6.07 Å². The first-order chi connectivity index (χ1) is 9.86. The quantitative estimate of drug-likeness (QED) is 0.895. The zero-order valence-corrected chi connectivity index (χ0v) is 13.3. The van der Waals surface area contributed by atoms with Crippen molar-refractivity contribution in [1.82, 2.24) is 9.21 Å². The summed E-state index contributed by atoms with van der Waals surface area (Å²) in [6, 6.07) is 5.88. The minimum atomic E-state index is -3.15. The molecule has 3 rings (SSSR count). The Kier molecular flexibility index (Phi) is 3.71. The summed E-state index contributed by atoms with van der Waals surface area (Å²) < 4.78 is 25.0. The monoisotopic (exact) mass is 310 g/mol. The van der Waals surface area contributed by atoms with Gasteiger partial charge in [0.2, 0.25) is 10.0 Å². The molecule has 2 heterocycles. The lowest BCUT2D eigenvalue weighted by Gasteiger charge is -2.45. The molecule has 2 aliphatic heterocycles. The number of rotatable bonds is 2. The number of aromatic hydroxyl groups is 1. The van der Waals surface area contributed by atoms with Gasteiger partial charge in [-0.2, -0.15) is 0 Å². The fourth-order valence-electron chi connectivity index (χ4n) is 3.59. The van der Waals surface area contributed by atoms with E-state index in [-0.39, 0.29) is 12.1 Å². The second kappa shape index (κ2) is 5.26. The molecule has 1 saturated heterocycles. The van der Waals surface area contributed by atoms with E-state index >= 15 is 0 Å². The number of nitrogens with zero attached hydrogens (tertiary/aromatic N) is 2. The van der Waals surface area contributed by atoms with Gasteiger partial charge in [0.15, 0.2) is 0 Å². The predicted molar refractivity (Wildman–Crippen MR) is 81.8 cm³/mol. The highest BCUT2D eigenvalue weighted by Crippen LogP contribution is 2.39. The third-order valence-corrected chi connectivity index (χ3v) is 6.22. The average molecular weight is 310 g/mol. The van der Waals surface area contributed by atoms with Crippen molar-refractivity contribution in [3.8, 4) is 5.75 Å². The smallest absolute Gasteiger partial charge is 0.211 e. The van der Waals surface area contributed by atoms with Crippen molar-refractivity contribution in [1.29, 1.82) is 0 Å². The molecule has 0 bridgehead atoms. The molecule has 2 atom stereocenters. The summed E-state index contributed by atoms with van der Waals surface area (Å²) in [6.45, 7) is 1.91. The van der Waals surface area contributed by atoms with Gasteiger partial charge < -0.3 is 5.11 Å². The summed E-state index contributed by atoms with van der Waals surface area (Å²) in [4.78, 5) is 2.44. The maximum absolute atomic E-state index is 11.8. The Bertz CT molecular complexity index is 644. The van der Waals surface area contributed by atoms with Gasteiger partial charge in [0.25, 0.3) is 0 Å². The number of hydrogen-bond donors (Lipinski definition) is 1. The third kappa shape index (κ3) is 2.80. The average Bonchev–Trinajstić information content (AvgIpc) is 2.44. The number of sulfonamides is 1. The molecule has 0 aromatic heterocycles. The minimum Gasteiger partial charge on any atom is -0.508 e. The summed E-state index contributed by atoms with van der Waals surface area (Å²) >= 11 is 0. The fraction of sp³-hybridized carbons (Fsp3) is 0.600. The van der Waals surface area contributed by atoms with Gasteiger partial charge >= 0.3 is 0 Å². The lowest BCUT2D eigenvalue weighted by Crippen LogP contribution is -2.48. The zero-order valence-electron chi connectivity index (χ0n) is 12.5. The van der Waals surface area contributed by atoms with Gasteiger partial charge in [-0.25, -0.2) is 12.7 Å². The van der Waals surface area contributed by atoms with Crippen molar-refractivity contribution in [3.63, 3.8) is 0 Å². The van der Waals surface area contributed by atoms with Crippen LogP contribution < -0.4 is 0 Å². The molecule has 0 spiro atoms. The van der Waals surface area contributed by atoms with Gasteiger partial charge in [0.1, 0.15) is 5.75 Å². The van der Waals surface area contributed by atoms with Crippen LogP contribution in [0.4, 0.5) is 0 Å². The van der Waals surface area contributed by atoms with Gasteiger partial charge in [0.05, 0.1) is 6.26 Å². The topological polar surface area (TPSA) is 60.9 Å². The molecule has 1 aromatic carbocycles. The molecule has 0 aliphatic carbocycles. The van der Waals surface area contributed by atoms with Gasteiger partial charge in [-0.15, -0.1) is 0 Å². The van der Waals surface area contributed by atoms with Crippen LogP contribution in [0.5, 0.6) is 5.75 Å². The van der Waals surface area contributed by atoms with E-state index in [1.54, 1.807) is 13.1 Å². The molecule has 0 radical (unpaired) electrons. The highest BCUT2D eigenvalue weighted by molar-refractivity contribution is 7.88. The Morgan fingerprint density at radius 1 is 1.33 bits per heavy atom. The molecule has 1 aromatic rings. The highest BCUT2D eigenvalue weighted by atomic mass is 32.2. The van der Waals surface area contributed by atoms with Crippen LogP contribution in [0.2, 0.25) is 0 Å². The SMILES string of the molecule is CN(C1CCN2CCc3cc(O)ccc3C2C1)S(C)(=O)=O. The van der Waals surface area contributed by atoms with Crippen molar-refractivity contribution in [2.45, 2.75) is 31.3 Å². The van der Waals surface area contributed by atoms with E-state index in [9.17, 15) is 13.5 Å². The molecule has 1 N–H and O–H groups in total. The first-order valence-electron chi connectivity index (χ1n) is 7.35. The Morgan fingerprint density at radius 2 is 2.10 bits per heavy atom. The van der Waals surface area contributed by atoms with Crippen LogP contribution in [0, 0.1) is 0 Å². The van der Waals surface area contributed by atoms with Crippen LogP contribution in [0.3, 0.4) is 0 Å². The van der Waals surface area contributed by atoms with Crippen LogP contribution in [0.1, 0.15) is 30.0 Å². The summed E-state index contributed by atoms with van der Waals surface area (Å²) in [5.74, 6) is 0.308. The largest absolute Gasteiger partial charge is 0.508 e. The standard InChI is InChI=1S/C15H22N2O3S/c1-16(21(2,19)20)12-6-8-17-7-5-11-9-13(18)3-4-14(11)15(17)10-12/h3-4,9,12,15,18H,5-8,10H2,1-2H3. The van der Waals surface area contributed by atoms with Crippen molar-refractivity contribution < 1.29 is 13.5 Å². The number of fused-ring (bicyclic) bond motifs is 3. The van der Waals surface area contributed by atoms with Crippen LogP contribution in [0.25, 0.3) is 0 Å². The van der Waals surface area contributed by atoms with Crippen LogP contribution in [-0.2, 0) is 16.4 Å². The van der Waals surface area contributed by atoms with Crippen molar-refractivity contribution in [2.24, 2.45) is 0 Å². The Hall–Kier alpha value is -1.11. The molecule has 2 aliphatic rings. The zero-order chi connectivity index (χ0) is 15.2. The third-order valence-electron chi connectivity index (χ3n) is 4.88. The summed E-state index contributed by atoms with van der Waals surface area (Å²) in [5, 5.41) is 9.63. The van der Waals surface area contributed by atoms with E-state index in [4.69, 9.17) is 0 Å².